The average molecular weight is 458 g/mol. The summed E-state index contributed by atoms with van der Waals surface area (Å²) >= 11 is 6.26. The highest BCUT2D eigenvalue weighted by Crippen LogP contribution is 2.22. The van der Waals surface area contributed by atoms with Crippen LogP contribution in [0.5, 0.6) is 0 Å². The fourth-order valence-corrected chi connectivity index (χ4v) is 4.12. The largest absolute Gasteiger partial charge is 0.335 e. The molecular weight excluding hydrogens is 434 g/mol. The Bertz CT molecular complexity index is 1150. The molecule has 0 N–H and O–H groups in total. The highest BCUT2D eigenvalue weighted by atomic mass is 35.5. The lowest BCUT2D eigenvalue weighted by molar-refractivity contribution is -0.386. The maximum atomic E-state index is 12.9. The summed E-state index contributed by atoms with van der Waals surface area (Å²) in [4.78, 5) is 27.7. The van der Waals surface area contributed by atoms with E-state index in [0.29, 0.717) is 30.2 Å². The number of nitrogens with zero attached hydrogens (tertiary/aromatic N) is 7. The van der Waals surface area contributed by atoms with Crippen molar-refractivity contribution in [3.63, 3.8) is 0 Å². The van der Waals surface area contributed by atoms with Crippen LogP contribution in [0, 0.1) is 24.0 Å². The Kier molecular flexibility index (Phi) is 6.24. The lowest BCUT2D eigenvalue weighted by Gasteiger charge is -2.34. The minimum Gasteiger partial charge on any atom is -0.335 e. The Balaban J connectivity index is 1.36. The Labute approximate surface area is 190 Å². The van der Waals surface area contributed by atoms with E-state index in [1.165, 1.54) is 4.68 Å². The van der Waals surface area contributed by atoms with Gasteiger partial charge in [-0.25, -0.2) is 4.68 Å². The lowest BCUT2D eigenvalue weighted by Crippen LogP contribution is -2.48. The van der Waals surface area contributed by atoms with E-state index in [-0.39, 0.29) is 18.3 Å². The van der Waals surface area contributed by atoms with E-state index in [9.17, 15) is 14.9 Å². The number of benzene rings is 1. The highest BCUT2D eigenvalue weighted by Gasteiger charge is 2.25. The number of carbonyl (C=O) groups is 1. The van der Waals surface area contributed by atoms with Crippen LogP contribution in [-0.2, 0) is 13.2 Å². The number of hydrogen-bond donors (Lipinski definition) is 0. The van der Waals surface area contributed by atoms with Crippen LogP contribution in [-0.4, -0.2) is 66.4 Å². The second kappa shape index (κ2) is 9.09. The molecule has 3 heterocycles. The van der Waals surface area contributed by atoms with Crippen LogP contribution in [0.2, 0.25) is 5.02 Å². The maximum Gasteiger partial charge on any atom is 0.312 e. The third-order valence-electron chi connectivity index (χ3n) is 5.68. The molecule has 32 heavy (non-hydrogen) atoms. The first-order valence-corrected chi connectivity index (χ1v) is 10.7. The summed E-state index contributed by atoms with van der Waals surface area (Å²) < 4.78 is 3.08. The number of hydrogen-bond acceptors (Lipinski definition) is 6. The Morgan fingerprint density at radius 3 is 2.50 bits per heavy atom. The molecule has 0 bridgehead atoms. The van der Waals surface area contributed by atoms with Gasteiger partial charge in [0.1, 0.15) is 23.8 Å². The van der Waals surface area contributed by atoms with Crippen LogP contribution in [0.25, 0.3) is 0 Å². The SMILES string of the molecule is Cc1nn(Cn2ccc(C(=O)N3CCN(Cc4ccccc4Cl)CC3)n2)c(C)c1[N+](=O)[O-]. The predicted octanol–water partition coefficient (Wildman–Crippen LogP) is 2.72. The first kappa shape index (κ1) is 22.0. The van der Waals surface area contributed by atoms with E-state index in [1.54, 1.807) is 35.7 Å². The number of carbonyl (C=O) groups excluding carboxylic acids is 1. The molecule has 2 aromatic heterocycles. The van der Waals surface area contributed by atoms with Crippen molar-refractivity contribution in [3.8, 4) is 0 Å². The smallest absolute Gasteiger partial charge is 0.312 e. The lowest BCUT2D eigenvalue weighted by atomic mass is 10.2. The van der Waals surface area contributed by atoms with Crippen LogP contribution in [0.4, 0.5) is 5.69 Å². The molecule has 3 aromatic rings. The summed E-state index contributed by atoms with van der Waals surface area (Å²) in [5.41, 5.74) is 2.23. The Morgan fingerprint density at radius 2 is 1.84 bits per heavy atom. The van der Waals surface area contributed by atoms with Crippen molar-refractivity contribution < 1.29 is 9.72 Å². The van der Waals surface area contributed by atoms with Gasteiger partial charge in [-0.1, -0.05) is 29.8 Å². The summed E-state index contributed by atoms with van der Waals surface area (Å²) in [5.74, 6) is -0.125. The number of aryl methyl sites for hydroxylation is 1. The molecule has 10 nitrogen and oxygen atoms in total. The minimum absolute atomic E-state index is 0.00289. The second-order valence-electron chi connectivity index (χ2n) is 7.82. The van der Waals surface area contributed by atoms with E-state index >= 15 is 0 Å². The van der Waals surface area contributed by atoms with Crippen LogP contribution in [0.1, 0.15) is 27.4 Å². The molecule has 11 heteroatoms. The first-order valence-electron chi connectivity index (χ1n) is 10.3. The molecule has 1 amide bonds. The third-order valence-corrected chi connectivity index (χ3v) is 6.04. The summed E-state index contributed by atoms with van der Waals surface area (Å²) in [6.07, 6.45) is 1.68. The number of piperazine rings is 1. The highest BCUT2D eigenvalue weighted by molar-refractivity contribution is 6.31. The molecule has 0 unspecified atom stereocenters. The molecule has 168 valence electrons. The zero-order valence-electron chi connectivity index (χ0n) is 17.9. The molecule has 0 spiro atoms. The van der Waals surface area contributed by atoms with Gasteiger partial charge in [0.15, 0.2) is 0 Å². The number of aromatic nitrogens is 4. The van der Waals surface area contributed by atoms with E-state index in [0.717, 1.165) is 30.2 Å². The van der Waals surface area contributed by atoms with Crippen molar-refractivity contribution >= 4 is 23.2 Å². The van der Waals surface area contributed by atoms with Gasteiger partial charge in [-0.15, -0.1) is 0 Å². The standard InChI is InChI=1S/C21H24ClN7O3/c1-15-20(29(31)32)16(2)28(23-15)14-27-8-7-19(24-27)21(30)26-11-9-25(10-12-26)13-17-5-3-4-6-18(17)22/h3-8H,9-14H2,1-2H3. The number of halogens is 1. The molecule has 1 saturated heterocycles. The van der Waals surface area contributed by atoms with Gasteiger partial charge in [-0.05, 0) is 31.5 Å². The molecule has 4 rings (SSSR count). The van der Waals surface area contributed by atoms with Crippen molar-refractivity contribution in [2.45, 2.75) is 27.1 Å². The van der Waals surface area contributed by atoms with Gasteiger partial charge in [0.2, 0.25) is 0 Å². The van der Waals surface area contributed by atoms with Crippen LogP contribution in [0.15, 0.2) is 36.5 Å². The molecule has 0 aliphatic carbocycles. The maximum absolute atomic E-state index is 12.9. The topological polar surface area (TPSA) is 102 Å². The summed E-state index contributed by atoms with van der Waals surface area (Å²) in [5, 5.41) is 20.5. The number of rotatable bonds is 6. The molecule has 0 saturated carbocycles. The van der Waals surface area contributed by atoms with E-state index in [2.05, 4.69) is 15.1 Å². The molecule has 1 fully saturated rings. The monoisotopic (exact) mass is 457 g/mol. The predicted molar refractivity (Wildman–Crippen MR) is 119 cm³/mol. The zero-order chi connectivity index (χ0) is 22.8. The van der Waals surface area contributed by atoms with Crippen molar-refractivity contribution in [1.29, 1.82) is 0 Å². The number of amides is 1. The summed E-state index contributed by atoms with van der Waals surface area (Å²) in [7, 11) is 0. The third kappa shape index (κ3) is 4.51. The Morgan fingerprint density at radius 1 is 1.12 bits per heavy atom. The molecule has 1 aromatic carbocycles. The van der Waals surface area contributed by atoms with Gasteiger partial charge in [-0.2, -0.15) is 10.2 Å². The van der Waals surface area contributed by atoms with Gasteiger partial charge in [-0.3, -0.25) is 24.5 Å². The summed E-state index contributed by atoms with van der Waals surface area (Å²) in [6, 6.07) is 9.46. The molecule has 1 aliphatic heterocycles. The fraction of sp³-hybridized carbons (Fsp3) is 0.381. The van der Waals surface area contributed by atoms with E-state index in [4.69, 9.17) is 11.6 Å². The van der Waals surface area contributed by atoms with Crippen molar-refractivity contribution in [2.24, 2.45) is 0 Å². The fourth-order valence-electron chi connectivity index (χ4n) is 3.92. The summed E-state index contributed by atoms with van der Waals surface area (Å²) in [6.45, 7) is 6.94. The van der Waals surface area contributed by atoms with Crippen LogP contribution in [0.3, 0.4) is 0 Å². The van der Waals surface area contributed by atoms with Gasteiger partial charge in [0.05, 0.1) is 4.92 Å². The normalized spacial score (nSPS) is 14.7. The number of nitro groups is 1. The van der Waals surface area contributed by atoms with E-state index in [1.807, 2.05) is 24.3 Å². The van der Waals surface area contributed by atoms with Crippen molar-refractivity contribution in [3.05, 3.63) is 74.3 Å². The quantitative estimate of drug-likeness (QED) is 0.416. The molecule has 0 atom stereocenters. The zero-order valence-corrected chi connectivity index (χ0v) is 18.7. The molecule has 0 radical (unpaired) electrons. The van der Waals surface area contributed by atoms with Crippen molar-refractivity contribution in [2.75, 3.05) is 26.2 Å². The van der Waals surface area contributed by atoms with Crippen LogP contribution < -0.4 is 0 Å². The first-order chi connectivity index (χ1) is 15.3. The molecular formula is C21H24ClN7O3. The average Bonchev–Trinajstić information content (AvgIpc) is 3.34. The minimum atomic E-state index is -0.433. The van der Waals surface area contributed by atoms with Gasteiger partial charge in [0.25, 0.3) is 5.91 Å². The van der Waals surface area contributed by atoms with Gasteiger partial charge < -0.3 is 4.90 Å². The Hall–Kier alpha value is -3.24. The van der Waals surface area contributed by atoms with E-state index < -0.39 is 4.92 Å². The second-order valence-corrected chi connectivity index (χ2v) is 8.22. The van der Waals surface area contributed by atoms with Crippen molar-refractivity contribution in [1.82, 2.24) is 29.4 Å². The van der Waals surface area contributed by atoms with Gasteiger partial charge >= 0.3 is 5.69 Å². The molecule has 1 aliphatic rings. The van der Waals surface area contributed by atoms with Crippen LogP contribution >= 0.6 is 11.6 Å². The van der Waals surface area contributed by atoms with Gasteiger partial charge in [0, 0.05) is 43.9 Å².